The summed E-state index contributed by atoms with van der Waals surface area (Å²) in [7, 11) is 0. The van der Waals surface area contributed by atoms with E-state index in [1.165, 1.54) is 0 Å². The Labute approximate surface area is 84.9 Å². The average Bonchev–Trinajstić information content (AvgIpc) is 2.18. The van der Waals surface area contributed by atoms with Crippen molar-refractivity contribution in [2.24, 2.45) is 0 Å². The van der Waals surface area contributed by atoms with Crippen molar-refractivity contribution >= 4 is 5.97 Å². The second-order valence-electron chi connectivity index (χ2n) is 3.25. The Balaban J connectivity index is 2.12. The van der Waals surface area contributed by atoms with Crippen LogP contribution in [0, 0.1) is 0 Å². The molecule has 1 rings (SSSR count). The number of carbonyl (C=O) groups excluding carboxylic acids is 1. The fourth-order valence-electron chi connectivity index (χ4n) is 1.28. The lowest BCUT2D eigenvalue weighted by molar-refractivity contribution is -0.908. The van der Waals surface area contributed by atoms with Crippen molar-refractivity contribution in [1.82, 2.24) is 0 Å². The molecular weight excluding hydrogens is 215 g/mol. The number of nitrogens with one attached hydrogen (secondary N) is 1. The van der Waals surface area contributed by atoms with Crippen LogP contribution in [-0.2, 0) is 14.3 Å². The Morgan fingerprint density at radius 2 is 1.93 bits per heavy atom. The van der Waals surface area contributed by atoms with Gasteiger partial charge in [0.25, 0.3) is 0 Å². The third-order valence-corrected chi connectivity index (χ3v) is 2.12. The van der Waals surface area contributed by atoms with Gasteiger partial charge in [0.1, 0.15) is 26.2 Å². The molecule has 0 bridgehead atoms. The molecule has 15 heavy (non-hydrogen) atoms. The average molecular weight is 228 g/mol. The molecular formula is C8H13F3NO3+. The van der Waals surface area contributed by atoms with E-state index >= 15 is 0 Å². The zero-order valence-corrected chi connectivity index (χ0v) is 8.10. The molecule has 0 aliphatic carbocycles. The van der Waals surface area contributed by atoms with Gasteiger partial charge in [-0.3, -0.25) is 0 Å². The summed E-state index contributed by atoms with van der Waals surface area (Å²) in [6.45, 7) is 2.87. The fourth-order valence-corrected chi connectivity index (χ4v) is 1.28. The van der Waals surface area contributed by atoms with Crippen molar-refractivity contribution in [2.45, 2.75) is 6.18 Å². The molecule has 88 valence electrons. The van der Waals surface area contributed by atoms with Crippen molar-refractivity contribution in [3.8, 4) is 0 Å². The molecule has 0 aromatic heterocycles. The molecule has 7 heteroatoms. The minimum absolute atomic E-state index is 0.201. The highest BCUT2D eigenvalue weighted by Gasteiger charge is 2.40. The molecule has 0 atom stereocenters. The van der Waals surface area contributed by atoms with Gasteiger partial charge in [-0.15, -0.1) is 0 Å². The largest absolute Gasteiger partial charge is 0.490 e. The number of quaternary nitrogens is 1. The summed E-state index contributed by atoms with van der Waals surface area (Å²) >= 11 is 0. The minimum Gasteiger partial charge on any atom is -0.453 e. The van der Waals surface area contributed by atoms with Crippen LogP contribution in [0.2, 0.25) is 0 Å². The van der Waals surface area contributed by atoms with Crippen LogP contribution in [0.4, 0.5) is 13.2 Å². The molecule has 4 nitrogen and oxygen atoms in total. The first kappa shape index (κ1) is 12.3. The van der Waals surface area contributed by atoms with Crippen molar-refractivity contribution in [1.29, 1.82) is 0 Å². The lowest BCUT2D eigenvalue weighted by atomic mass is 10.4. The van der Waals surface area contributed by atoms with Gasteiger partial charge in [-0.05, 0) is 0 Å². The van der Waals surface area contributed by atoms with Gasteiger partial charge in [-0.1, -0.05) is 0 Å². The molecule has 1 aliphatic rings. The Kier molecular flexibility index (Phi) is 4.34. The number of esters is 1. The Morgan fingerprint density at radius 1 is 1.33 bits per heavy atom. The molecule has 1 heterocycles. The van der Waals surface area contributed by atoms with E-state index in [-0.39, 0.29) is 6.61 Å². The molecule has 0 radical (unpaired) electrons. The van der Waals surface area contributed by atoms with E-state index in [4.69, 9.17) is 4.74 Å². The summed E-state index contributed by atoms with van der Waals surface area (Å²) < 4.78 is 44.3. The first-order valence-electron chi connectivity index (χ1n) is 4.65. The van der Waals surface area contributed by atoms with Crippen LogP contribution >= 0.6 is 0 Å². The Morgan fingerprint density at radius 3 is 2.47 bits per heavy atom. The predicted molar refractivity (Wildman–Crippen MR) is 43.4 cm³/mol. The van der Waals surface area contributed by atoms with Crippen LogP contribution < -0.4 is 4.90 Å². The van der Waals surface area contributed by atoms with E-state index in [1.807, 2.05) is 0 Å². The molecule has 0 unspecified atom stereocenters. The Hall–Kier alpha value is -0.820. The van der Waals surface area contributed by atoms with Crippen LogP contribution in [0.3, 0.4) is 0 Å². The van der Waals surface area contributed by atoms with Gasteiger partial charge in [0, 0.05) is 0 Å². The van der Waals surface area contributed by atoms with Crippen molar-refractivity contribution in [3.05, 3.63) is 0 Å². The van der Waals surface area contributed by atoms with Crippen LogP contribution in [0.15, 0.2) is 0 Å². The molecule has 0 spiro atoms. The maximum Gasteiger partial charge on any atom is 0.490 e. The molecule has 0 aromatic rings. The zero-order chi connectivity index (χ0) is 11.3. The van der Waals surface area contributed by atoms with Crippen LogP contribution in [0.5, 0.6) is 0 Å². The van der Waals surface area contributed by atoms with Gasteiger partial charge in [0.2, 0.25) is 0 Å². The SMILES string of the molecule is O=C(OCC[NH+]1CCOCC1)C(F)(F)F. The first-order valence-corrected chi connectivity index (χ1v) is 4.65. The number of carbonyl (C=O) groups is 1. The maximum absolute atomic E-state index is 11.7. The summed E-state index contributed by atoms with van der Waals surface area (Å²) in [5, 5.41) is 0. The summed E-state index contributed by atoms with van der Waals surface area (Å²) in [6.07, 6.45) is -4.89. The molecule has 0 amide bonds. The van der Waals surface area contributed by atoms with E-state index in [1.54, 1.807) is 0 Å². The number of hydrogen-bond donors (Lipinski definition) is 1. The van der Waals surface area contributed by atoms with E-state index in [0.717, 1.165) is 18.0 Å². The monoisotopic (exact) mass is 228 g/mol. The summed E-state index contributed by atoms with van der Waals surface area (Å²) in [5.74, 6) is -2.12. The molecule has 0 saturated carbocycles. The number of alkyl halides is 3. The number of halogens is 3. The van der Waals surface area contributed by atoms with E-state index in [9.17, 15) is 18.0 Å². The second-order valence-corrected chi connectivity index (χ2v) is 3.25. The lowest BCUT2D eigenvalue weighted by Crippen LogP contribution is -3.14. The highest BCUT2D eigenvalue weighted by atomic mass is 19.4. The number of hydrogen-bond acceptors (Lipinski definition) is 3. The number of morpholine rings is 1. The van der Waals surface area contributed by atoms with Crippen LogP contribution in [0.25, 0.3) is 0 Å². The van der Waals surface area contributed by atoms with Crippen molar-refractivity contribution < 1.29 is 32.3 Å². The van der Waals surface area contributed by atoms with E-state index in [0.29, 0.717) is 19.8 Å². The van der Waals surface area contributed by atoms with E-state index in [2.05, 4.69) is 4.74 Å². The molecule has 1 fully saturated rings. The standard InChI is InChI=1S/C8H12F3NO3/c9-8(10,11)7(13)15-6-3-12-1-4-14-5-2-12/h1-6H2/p+1. The van der Waals surface area contributed by atoms with Gasteiger partial charge < -0.3 is 14.4 Å². The lowest BCUT2D eigenvalue weighted by Gasteiger charge is -2.23. The van der Waals surface area contributed by atoms with Gasteiger partial charge in [-0.2, -0.15) is 13.2 Å². The normalized spacial score (nSPS) is 18.9. The zero-order valence-electron chi connectivity index (χ0n) is 8.10. The topological polar surface area (TPSA) is 40.0 Å². The maximum atomic E-state index is 11.7. The predicted octanol–water partition coefficient (Wildman–Crippen LogP) is -0.993. The van der Waals surface area contributed by atoms with Crippen LogP contribution in [0.1, 0.15) is 0 Å². The van der Waals surface area contributed by atoms with Gasteiger partial charge in [0.05, 0.1) is 13.2 Å². The third kappa shape index (κ3) is 4.48. The van der Waals surface area contributed by atoms with Gasteiger partial charge >= 0.3 is 12.1 Å². The third-order valence-electron chi connectivity index (χ3n) is 2.12. The molecule has 0 aromatic carbocycles. The summed E-state index contributed by atoms with van der Waals surface area (Å²) in [4.78, 5) is 11.4. The molecule has 1 N–H and O–H groups in total. The highest BCUT2D eigenvalue weighted by Crippen LogP contribution is 2.15. The summed E-state index contributed by atoms with van der Waals surface area (Å²) in [5.41, 5.74) is 0. The molecule has 1 saturated heterocycles. The number of ether oxygens (including phenoxy) is 2. The smallest absolute Gasteiger partial charge is 0.453 e. The molecule has 1 aliphatic heterocycles. The quantitative estimate of drug-likeness (QED) is 0.630. The second kappa shape index (κ2) is 5.32. The number of rotatable bonds is 3. The van der Waals surface area contributed by atoms with Gasteiger partial charge in [-0.25, -0.2) is 4.79 Å². The highest BCUT2D eigenvalue weighted by molar-refractivity contribution is 5.75. The fraction of sp³-hybridized carbons (Fsp3) is 0.875. The van der Waals surface area contributed by atoms with Crippen LogP contribution in [-0.4, -0.2) is 51.6 Å². The van der Waals surface area contributed by atoms with Gasteiger partial charge in [0.15, 0.2) is 0 Å². The Bertz CT molecular complexity index is 214. The summed E-state index contributed by atoms with van der Waals surface area (Å²) in [6, 6.07) is 0. The van der Waals surface area contributed by atoms with E-state index < -0.39 is 12.1 Å². The first-order chi connectivity index (χ1) is 7.00. The minimum atomic E-state index is -4.89. The van der Waals surface area contributed by atoms with Crippen molar-refractivity contribution in [2.75, 3.05) is 39.5 Å². The van der Waals surface area contributed by atoms with Crippen molar-refractivity contribution in [3.63, 3.8) is 0 Å².